The number of nitrogens with one attached hydrogen (secondary N) is 3. The van der Waals surface area contributed by atoms with E-state index in [1.165, 1.54) is 0 Å². The Balaban J connectivity index is 1.42. The highest BCUT2D eigenvalue weighted by molar-refractivity contribution is 5.82. The Labute approximate surface area is 163 Å². The van der Waals surface area contributed by atoms with E-state index in [0.29, 0.717) is 18.9 Å². The Hall–Kier alpha value is -2.76. The molecule has 28 heavy (non-hydrogen) atoms. The largest absolute Gasteiger partial charge is 0.368 e. The maximum atomic E-state index is 12.7. The smallest absolute Gasteiger partial charge is 0.228 e. The first-order valence-electron chi connectivity index (χ1n) is 9.91. The molecule has 3 fully saturated rings. The van der Waals surface area contributed by atoms with Crippen molar-refractivity contribution in [1.82, 2.24) is 25.7 Å². The summed E-state index contributed by atoms with van der Waals surface area (Å²) in [5.41, 5.74) is 6.09. The van der Waals surface area contributed by atoms with Gasteiger partial charge in [-0.1, -0.05) is 0 Å². The first-order valence-corrected chi connectivity index (χ1v) is 9.91. The molecule has 5 rings (SSSR count). The number of anilines is 1. The van der Waals surface area contributed by atoms with Crippen molar-refractivity contribution in [2.24, 2.45) is 11.8 Å². The van der Waals surface area contributed by atoms with Crippen LogP contribution in [0.4, 0.5) is 5.69 Å². The number of hydrogen-bond donors (Lipinski definition) is 3. The molecule has 4 atom stereocenters. The quantitative estimate of drug-likeness (QED) is 0.723. The van der Waals surface area contributed by atoms with Crippen LogP contribution in [0.15, 0.2) is 30.6 Å². The minimum atomic E-state index is -0.223. The molecule has 3 aliphatic rings. The molecule has 0 spiro atoms. The number of benzene rings is 1. The molecule has 1 amide bonds. The fraction of sp³-hybridized carbons (Fsp3) is 0.500. The average Bonchev–Trinajstić information content (AvgIpc) is 3.49. The number of rotatable bonds is 5. The second kappa shape index (κ2) is 7.00. The predicted molar refractivity (Wildman–Crippen MR) is 104 cm³/mol. The molecular formula is C20H23N7O. The summed E-state index contributed by atoms with van der Waals surface area (Å²) >= 11 is 0. The normalized spacial score (nSPS) is 28.4. The molecule has 2 aromatic rings. The fourth-order valence-corrected chi connectivity index (χ4v) is 4.60. The zero-order valence-corrected chi connectivity index (χ0v) is 15.5. The highest BCUT2D eigenvalue weighted by Gasteiger charge is 2.51. The summed E-state index contributed by atoms with van der Waals surface area (Å²) in [5, 5.41) is 18.0. The van der Waals surface area contributed by atoms with Gasteiger partial charge in [-0.25, -0.2) is 10.4 Å². The molecule has 3 heterocycles. The van der Waals surface area contributed by atoms with Crippen LogP contribution in [0.3, 0.4) is 0 Å². The molecular weight excluding hydrogens is 354 g/mol. The number of piperidine rings is 1. The molecule has 3 unspecified atom stereocenters. The number of amides is 1. The molecule has 0 radical (unpaired) electrons. The number of nitriles is 1. The molecule has 1 saturated carbocycles. The number of carbonyl (C=O) groups is 1. The maximum Gasteiger partial charge on any atom is 0.228 e. The van der Waals surface area contributed by atoms with E-state index in [2.05, 4.69) is 37.1 Å². The van der Waals surface area contributed by atoms with Gasteiger partial charge in [-0.15, -0.1) is 0 Å². The maximum absolute atomic E-state index is 12.7. The summed E-state index contributed by atoms with van der Waals surface area (Å²) < 4.78 is 0. The molecule has 2 saturated heterocycles. The van der Waals surface area contributed by atoms with Crippen LogP contribution in [0.1, 0.15) is 25.7 Å². The van der Waals surface area contributed by atoms with Gasteiger partial charge in [-0.05, 0) is 43.4 Å². The van der Waals surface area contributed by atoms with Gasteiger partial charge in [-0.3, -0.25) is 14.8 Å². The third-order valence-corrected chi connectivity index (χ3v) is 6.08. The van der Waals surface area contributed by atoms with Gasteiger partial charge in [0.2, 0.25) is 5.91 Å². The Morgan fingerprint density at radius 1 is 1.25 bits per heavy atom. The van der Waals surface area contributed by atoms with E-state index in [4.69, 9.17) is 0 Å². The van der Waals surface area contributed by atoms with Gasteiger partial charge in [0, 0.05) is 36.7 Å². The van der Waals surface area contributed by atoms with E-state index in [-0.39, 0.29) is 30.1 Å². The third kappa shape index (κ3) is 3.07. The van der Waals surface area contributed by atoms with Gasteiger partial charge in [0.15, 0.2) is 0 Å². The summed E-state index contributed by atoms with van der Waals surface area (Å²) in [6, 6.07) is 8.45. The van der Waals surface area contributed by atoms with Crippen molar-refractivity contribution in [2.45, 2.75) is 43.9 Å². The van der Waals surface area contributed by atoms with Gasteiger partial charge in [0.05, 0.1) is 29.4 Å². The number of aromatic nitrogens is 2. The molecule has 3 N–H and O–H groups in total. The van der Waals surface area contributed by atoms with Crippen LogP contribution in [0.25, 0.3) is 11.0 Å². The Bertz CT molecular complexity index is 938. The van der Waals surface area contributed by atoms with Gasteiger partial charge in [-0.2, -0.15) is 5.26 Å². The molecule has 1 aromatic carbocycles. The first kappa shape index (κ1) is 17.3. The summed E-state index contributed by atoms with van der Waals surface area (Å²) in [6.07, 6.45) is 6.83. The van der Waals surface area contributed by atoms with Crippen LogP contribution in [0.5, 0.6) is 0 Å². The lowest BCUT2D eigenvalue weighted by Crippen LogP contribution is -2.52. The van der Waals surface area contributed by atoms with Gasteiger partial charge in [0.1, 0.15) is 6.17 Å². The van der Waals surface area contributed by atoms with E-state index >= 15 is 0 Å². The summed E-state index contributed by atoms with van der Waals surface area (Å²) in [5.74, 6) is 0.412. The number of carbonyl (C=O) groups excluding carboxylic acids is 1. The number of hydrazine groups is 1. The number of fused-ring (bicyclic) bond motifs is 2. The Morgan fingerprint density at radius 3 is 2.86 bits per heavy atom. The first-order chi connectivity index (χ1) is 13.7. The van der Waals surface area contributed by atoms with Crippen molar-refractivity contribution in [3.8, 4) is 6.07 Å². The highest BCUT2D eigenvalue weighted by atomic mass is 16.2. The molecule has 2 aliphatic heterocycles. The Kier molecular flexibility index (Phi) is 4.34. The van der Waals surface area contributed by atoms with Crippen molar-refractivity contribution in [3.05, 3.63) is 30.6 Å². The van der Waals surface area contributed by atoms with Gasteiger partial charge < -0.3 is 10.6 Å². The van der Waals surface area contributed by atoms with Crippen LogP contribution in [0.2, 0.25) is 0 Å². The molecule has 8 heteroatoms. The molecule has 0 bridgehead atoms. The predicted octanol–water partition coefficient (Wildman–Crippen LogP) is 1.38. The van der Waals surface area contributed by atoms with Gasteiger partial charge in [0.25, 0.3) is 0 Å². The highest BCUT2D eigenvalue weighted by Crippen LogP contribution is 2.41. The second-order valence-electron chi connectivity index (χ2n) is 7.86. The second-order valence-corrected chi connectivity index (χ2v) is 7.86. The van der Waals surface area contributed by atoms with Gasteiger partial charge >= 0.3 is 0 Å². The van der Waals surface area contributed by atoms with Crippen LogP contribution in [0, 0.1) is 23.2 Å². The van der Waals surface area contributed by atoms with Crippen LogP contribution in [-0.2, 0) is 4.79 Å². The van der Waals surface area contributed by atoms with E-state index in [1.54, 1.807) is 12.4 Å². The standard InChI is InChI=1S/C20H23N7O/c21-7-5-16(12-1-2-12)27-17-6-8-24-20(28)18(17)19(26-27)25-13-3-4-14-15(11-13)23-10-9-22-14/h3-4,9-12,16-19,25-26H,1-2,5-6,8H2,(H,24,28)/t16-,17?,18?,19?/m0/s1. The Morgan fingerprint density at radius 2 is 2.07 bits per heavy atom. The number of hydrogen-bond acceptors (Lipinski definition) is 7. The molecule has 144 valence electrons. The average molecular weight is 377 g/mol. The van der Waals surface area contributed by atoms with E-state index < -0.39 is 0 Å². The zero-order chi connectivity index (χ0) is 19.1. The lowest BCUT2D eigenvalue weighted by Gasteiger charge is -2.34. The molecule has 1 aromatic heterocycles. The SMILES string of the molecule is N#CC[C@@H](C1CC1)N1NC(Nc2ccc3nccnc3c2)C2C(=O)NCCC21. The van der Waals surface area contributed by atoms with Crippen molar-refractivity contribution in [3.63, 3.8) is 0 Å². The minimum absolute atomic E-state index is 0.0656. The summed E-state index contributed by atoms with van der Waals surface area (Å²) in [4.78, 5) is 21.4. The van der Waals surface area contributed by atoms with E-state index in [1.807, 2.05) is 18.2 Å². The van der Waals surface area contributed by atoms with E-state index in [9.17, 15) is 10.1 Å². The van der Waals surface area contributed by atoms with E-state index in [0.717, 1.165) is 36.0 Å². The van der Waals surface area contributed by atoms with Crippen molar-refractivity contribution in [2.75, 3.05) is 11.9 Å². The van der Waals surface area contributed by atoms with Crippen molar-refractivity contribution >= 4 is 22.6 Å². The zero-order valence-electron chi connectivity index (χ0n) is 15.5. The van der Waals surface area contributed by atoms with Crippen molar-refractivity contribution in [1.29, 1.82) is 5.26 Å². The van der Waals surface area contributed by atoms with Crippen LogP contribution in [-0.4, -0.2) is 45.7 Å². The lowest BCUT2D eigenvalue weighted by atomic mass is 9.90. The molecule has 8 nitrogen and oxygen atoms in total. The fourth-order valence-electron chi connectivity index (χ4n) is 4.60. The van der Waals surface area contributed by atoms with Crippen LogP contribution >= 0.6 is 0 Å². The monoisotopic (exact) mass is 377 g/mol. The number of nitrogens with zero attached hydrogens (tertiary/aromatic N) is 4. The lowest BCUT2D eigenvalue weighted by molar-refractivity contribution is -0.128. The van der Waals surface area contributed by atoms with Crippen LogP contribution < -0.4 is 16.1 Å². The topological polar surface area (TPSA) is 106 Å². The third-order valence-electron chi connectivity index (χ3n) is 6.08. The van der Waals surface area contributed by atoms with Crippen molar-refractivity contribution < 1.29 is 4.79 Å². The minimum Gasteiger partial charge on any atom is -0.368 e. The summed E-state index contributed by atoms with van der Waals surface area (Å²) in [7, 11) is 0. The molecule has 1 aliphatic carbocycles. The summed E-state index contributed by atoms with van der Waals surface area (Å²) in [6.45, 7) is 0.681.